The maximum Gasteiger partial charge on any atom is 0.252 e. The van der Waals surface area contributed by atoms with Gasteiger partial charge < -0.3 is 11.1 Å². The van der Waals surface area contributed by atoms with E-state index in [1.807, 2.05) is 25.6 Å². The number of amides is 1. The minimum absolute atomic E-state index is 0.102. The zero-order valence-corrected chi connectivity index (χ0v) is 13.2. The summed E-state index contributed by atoms with van der Waals surface area (Å²) in [6.45, 7) is 4.73. The van der Waals surface area contributed by atoms with Crippen molar-refractivity contribution in [2.45, 2.75) is 20.4 Å². The number of carbonyl (C=O) groups excluding carboxylic acids is 1. The van der Waals surface area contributed by atoms with Gasteiger partial charge in [-0.2, -0.15) is 5.10 Å². The van der Waals surface area contributed by atoms with Crippen molar-refractivity contribution in [3.63, 3.8) is 0 Å². The van der Waals surface area contributed by atoms with Gasteiger partial charge in [0.15, 0.2) is 0 Å². The fourth-order valence-corrected chi connectivity index (χ4v) is 2.76. The number of hydrogen-bond donors (Lipinski definition) is 2. The average Bonchev–Trinajstić information content (AvgIpc) is 3.01. The van der Waals surface area contributed by atoms with Gasteiger partial charge in [0.25, 0.3) is 5.91 Å². The summed E-state index contributed by atoms with van der Waals surface area (Å²) in [6, 6.07) is 1.78. The van der Waals surface area contributed by atoms with E-state index in [4.69, 9.17) is 5.73 Å². The van der Waals surface area contributed by atoms with Crippen molar-refractivity contribution in [3.05, 3.63) is 38.8 Å². The van der Waals surface area contributed by atoms with E-state index in [0.29, 0.717) is 18.7 Å². The number of carbonyl (C=O) groups is 1. The minimum Gasteiger partial charge on any atom is -0.348 e. The summed E-state index contributed by atoms with van der Waals surface area (Å²) in [5, 5.41) is 9.06. The van der Waals surface area contributed by atoms with Crippen LogP contribution in [-0.4, -0.2) is 22.2 Å². The molecule has 2 rings (SSSR count). The van der Waals surface area contributed by atoms with Crippen molar-refractivity contribution in [3.8, 4) is 11.8 Å². The monoisotopic (exact) mass is 302 g/mol. The van der Waals surface area contributed by atoms with E-state index in [1.165, 1.54) is 11.3 Å². The molecule has 0 fully saturated rings. The standard InChI is InChI=1S/C15H18N4OS/c1-10-14(11(2)19(3)18-10)8-17-15(20)12-7-13(21-9-12)5-4-6-16/h7,9H,6,8,16H2,1-3H3,(H,17,20). The molecule has 21 heavy (non-hydrogen) atoms. The molecule has 0 atom stereocenters. The predicted molar refractivity (Wildman–Crippen MR) is 84.1 cm³/mol. The minimum atomic E-state index is -0.102. The van der Waals surface area contributed by atoms with Crippen molar-refractivity contribution in [1.29, 1.82) is 0 Å². The van der Waals surface area contributed by atoms with Crippen LogP contribution in [0.1, 0.15) is 32.2 Å². The summed E-state index contributed by atoms with van der Waals surface area (Å²) in [4.78, 5) is 13.0. The van der Waals surface area contributed by atoms with Crippen LogP contribution >= 0.6 is 11.3 Å². The zero-order chi connectivity index (χ0) is 15.4. The van der Waals surface area contributed by atoms with Crippen LogP contribution in [0.2, 0.25) is 0 Å². The Bertz CT molecular complexity index is 718. The summed E-state index contributed by atoms with van der Waals surface area (Å²) >= 11 is 1.44. The largest absolute Gasteiger partial charge is 0.348 e. The second kappa shape index (κ2) is 6.57. The number of rotatable bonds is 3. The first-order chi connectivity index (χ1) is 10.0. The Hall–Kier alpha value is -2.10. The molecule has 0 saturated carbocycles. The fourth-order valence-electron chi connectivity index (χ4n) is 2.00. The lowest BCUT2D eigenvalue weighted by Gasteiger charge is -2.04. The van der Waals surface area contributed by atoms with Gasteiger partial charge in [-0.1, -0.05) is 11.8 Å². The van der Waals surface area contributed by atoms with Gasteiger partial charge in [-0.05, 0) is 19.9 Å². The Balaban J connectivity index is 2.03. The molecule has 5 nitrogen and oxygen atoms in total. The van der Waals surface area contributed by atoms with Gasteiger partial charge in [0.2, 0.25) is 0 Å². The normalized spacial score (nSPS) is 10.1. The van der Waals surface area contributed by atoms with Gasteiger partial charge in [0.05, 0.1) is 22.7 Å². The molecule has 2 aromatic rings. The summed E-state index contributed by atoms with van der Waals surface area (Å²) in [5.74, 6) is 5.60. The fraction of sp³-hybridized carbons (Fsp3) is 0.333. The van der Waals surface area contributed by atoms with Gasteiger partial charge in [-0.15, -0.1) is 11.3 Å². The number of thiophene rings is 1. The Labute approximate surface area is 128 Å². The van der Waals surface area contributed by atoms with Crippen molar-refractivity contribution in [1.82, 2.24) is 15.1 Å². The lowest BCUT2D eigenvalue weighted by molar-refractivity contribution is 0.0951. The molecule has 2 heterocycles. The molecule has 3 N–H and O–H groups in total. The second-order valence-corrected chi connectivity index (χ2v) is 5.57. The molecule has 0 aliphatic heterocycles. The third-order valence-electron chi connectivity index (χ3n) is 3.26. The quantitative estimate of drug-likeness (QED) is 0.840. The van der Waals surface area contributed by atoms with Crippen LogP contribution in [-0.2, 0) is 13.6 Å². The maximum atomic E-state index is 12.1. The predicted octanol–water partition coefficient (Wildman–Crippen LogP) is 1.34. The van der Waals surface area contributed by atoms with E-state index in [9.17, 15) is 4.79 Å². The van der Waals surface area contributed by atoms with E-state index in [0.717, 1.165) is 21.8 Å². The summed E-state index contributed by atoms with van der Waals surface area (Å²) in [6.07, 6.45) is 0. The highest BCUT2D eigenvalue weighted by Crippen LogP contribution is 2.15. The van der Waals surface area contributed by atoms with Crippen LogP contribution in [0, 0.1) is 25.7 Å². The SMILES string of the molecule is Cc1nn(C)c(C)c1CNC(=O)c1csc(C#CCN)c1. The van der Waals surface area contributed by atoms with E-state index in [1.54, 1.807) is 11.4 Å². The smallest absolute Gasteiger partial charge is 0.252 e. The highest BCUT2D eigenvalue weighted by molar-refractivity contribution is 7.10. The number of nitrogens with one attached hydrogen (secondary N) is 1. The molecule has 0 aliphatic rings. The summed E-state index contributed by atoms with van der Waals surface area (Å²) < 4.78 is 1.82. The molecule has 0 spiro atoms. The Kier molecular flexibility index (Phi) is 4.78. The molecule has 0 unspecified atom stereocenters. The third kappa shape index (κ3) is 3.51. The van der Waals surface area contributed by atoms with Crippen molar-refractivity contribution >= 4 is 17.2 Å². The highest BCUT2D eigenvalue weighted by atomic mass is 32.1. The average molecular weight is 302 g/mol. The van der Waals surface area contributed by atoms with E-state index < -0.39 is 0 Å². The first-order valence-electron chi connectivity index (χ1n) is 6.57. The molecule has 0 saturated heterocycles. The van der Waals surface area contributed by atoms with Gasteiger partial charge >= 0.3 is 0 Å². The summed E-state index contributed by atoms with van der Waals surface area (Å²) in [5.41, 5.74) is 9.02. The molecule has 6 heteroatoms. The van der Waals surface area contributed by atoms with Crippen LogP contribution in [0.4, 0.5) is 0 Å². The van der Waals surface area contributed by atoms with E-state index in [-0.39, 0.29) is 5.91 Å². The van der Waals surface area contributed by atoms with Crippen LogP contribution in [0.15, 0.2) is 11.4 Å². The first-order valence-corrected chi connectivity index (χ1v) is 7.45. The second-order valence-electron chi connectivity index (χ2n) is 4.66. The maximum absolute atomic E-state index is 12.1. The molecule has 0 radical (unpaired) electrons. The lowest BCUT2D eigenvalue weighted by atomic mass is 10.2. The van der Waals surface area contributed by atoms with Gasteiger partial charge in [-0.3, -0.25) is 9.48 Å². The van der Waals surface area contributed by atoms with Gasteiger partial charge in [0, 0.05) is 30.2 Å². The molecule has 0 aromatic carbocycles. The third-order valence-corrected chi connectivity index (χ3v) is 4.11. The van der Waals surface area contributed by atoms with E-state index >= 15 is 0 Å². The Morgan fingerprint density at radius 1 is 1.52 bits per heavy atom. The highest BCUT2D eigenvalue weighted by Gasteiger charge is 2.12. The topological polar surface area (TPSA) is 72.9 Å². The van der Waals surface area contributed by atoms with Crippen molar-refractivity contribution in [2.75, 3.05) is 6.54 Å². The van der Waals surface area contributed by atoms with E-state index in [2.05, 4.69) is 22.3 Å². The number of aryl methyl sites for hydroxylation is 2. The molecule has 0 bridgehead atoms. The molecule has 1 amide bonds. The molecule has 110 valence electrons. The number of hydrogen-bond acceptors (Lipinski definition) is 4. The van der Waals surface area contributed by atoms with Crippen LogP contribution in [0.25, 0.3) is 0 Å². The molecular formula is C15H18N4OS. The summed E-state index contributed by atoms with van der Waals surface area (Å²) in [7, 11) is 1.90. The van der Waals surface area contributed by atoms with Crippen molar-refractivity contribution in [2.24, 2.45) is 12.8 Å². The Morgan fingerprint density at radius 2 is 2.29 bits per heavy atom. The van der Waals surface area contributed by atoms with Crippen LogP contribution in [0.5, 0.6) is 0 Å². The number of nitrogens with zero attached hydrogens (tertiary/aromatic N) is 2. The van der Waals surface area contributed by atoms with Gasteiger partial charge in [0.1, 0.15) is 0 Å². The number of aromatic nitrogens is 2. The zero-order valence-electron chi connectivity index (χ0n) is 12.4. The molecular weight excluding hydrogens is 284 g/mol. The van der Waals surface area contributed by atoms with Crippen molar-refractivity contribution < 1.29 is 4.79 Å². The molecule has 0 aliphatic carbocycles. The van der Waals surface area contributed by atoms with Gasteiger partial charge in [-0.25, -0.2) is 0 Å². The number of nitrogens with two attached hydrogens (primary N) is 1. The molecule has 2 aromatic heterocycles. The Morgan fingerprint density at radius 3 is 2.90 bits per heavy atom. The first kappa shape index (κ1) is 15.3. The lowest BCUT2D eigenvalue weighted by Crippen LogP contribution is -2.22. The van der Waals surface area contributed by atoms with Crippen LogP contribution < -0.4 is 11.1 Å². The van der Waals surface area contributed by atoms with Crippen LogP contribution in [0.3, 0.4) is 0 Å².